The number of aryl methyl sites for hydroxylation is 2. The highest BCUT2D eigenvalue weighted by atomic mass is 32.1. The van der Waals surface area contributed by atoms with E-state index in [-0.39, 0.29) is 0 Å². The second kappa shape index (κ2) is 7.28. The normalized spacial score (nSPS) is 16.7. The van der Waals surface area contributed by atoms with Crippen LogP contribution in [0.5, 0.6) is 0 Å². The first kappa shape index (κ1) is 16.8. The Balaban J connectivity index is 1.30. The molecule has 132 valence electrons. The van der Waals surface area contributed by atoms with Gasteiger partial charge in [-0.15, -0.1) is 11.3 Å². The van der Waals surface area contributed by atoms with Crippen molar-refractivity contribution in [3.63, 3.8) is 0 Å². The van der Waals surface area contributed by atoms with Crippen molar-refractivity contribution < 1.29 is 0 Å². The van der Waals surface area contributed by atoms with Crippen molar-refractivity contribution in [3.05, 3.63) is 58.4 Å². The lowest BCUT2D eigenvalue weighted by Gasteiger charge is -2.32. The molecule has 0 aliphatic carbocycles. The minimum Gasteiger partial charge on any atom is -0.308 e. The third-order valence-electron chi connectivity index (χ3n) is 5.14. The zero-order chi connectivity index (χ0) is 17.2. The van der Waals surface area contributed by atoms with Crippen LogP contribution in [-0.2, 0) is 13.1 Å². The summed E-state index contributed by atoms with van der Waals surface area (Å²) in [7, 11) is 0. The van der Waals surface area contributed by atoms with Gasteiger partial charge in [0.1, 0.15) is 0 Å². The summed E-state index contributed by atoms with van der Waals surface area (Å²) in [6.45, 7) is 8.59. The van der Waals surface area contributed by atoms with E-state index in [9.17, 15) is 0 Å². The maximum atomic E-state index is 4.69. The van der Waals surface area contributed by atoms with Crippen LogP contribution in [0.25, 0.3) is 4.96 Å². The summed E-state index contributed by atoms with van der Waals surface area (Å²) in [4.78, 5) is 9.69. The standard InChI is InChI=1S/C20H26N4S/c1-15-13-24-19(16(2)22-20(24)25-15)12-21-18-8-10-23(11-9-18)14-17-6-4-3-5-7-17/h3-7,13,18,21H,8-12,14H2,1-2H3. The molecule has 3 heterocycles. The molecule has 0 atom stereocenters. The molecule has 1 N–H and O–H groups in total. The first-order valence-electron chi connectivity index (χ1n) is 9.12. The van der Waals surface area contributed by atoms with E-state index >= 15 is 0 Å². The number of nitrogens with one attached hydrogen (secondary N) is 1. The van der Waals surface area contributed by atoms with Gasteiger partial charge in [-0.25, -0.2) is 4.98 Å². The Morgan fingerprint density at radius 3 is 2.68 bits per heavy atom. The fourth-order valence-electron chi connectivity index (χ4n) is 3.70. The van der Waals surface area contributed by atoms with Crippen molar-refractivity contribution in [3.8, 4) is 0 Å². The van der Waals surface area contributed by atoms with Gasteiger partial charge in [0, 0.05) is 30.2 Å². The van der Waals surface area contributed by atoms with Crippen LogP contribution in [-0.4, -0.2) is 33.4 Å². The zero-order valence-electron chi connectivity index (χ0n) is 15.0. The first-order valence-corrected chi connectivity index (χ1v) is 9.94. The van der Waals surface area contributed by atoms with E-state index in [0.29, 0.717) is 6.04 Å². The first-order chi connectivity index (χ1) is 12.2. The van der Waals surface area contributed by atoms with Gasteiger partial charge in [0.2, 0.25) is 0 Å². The van der Waals surface area contributed by atoms with Crippen LogP contribution in [0.15, 0.2) is 36.5 Å². The molecule has 0 unspecified atom stereocenters. The minimum absolute atomic E-state index is 0.608. The number of rotatable bonds is 5. The van der Waals surface area contributed by atoms with E-state index in [0.717, 1.165) is 23.7 Å². The van der Waals surface area contributed by atoms with Crippen molar-refractivity contribution in [2.75, 3.05) is 13.1 Å². The van der Waals surface area contributed by atoms with Crippen LogP contribution < -0.4 is 5.32 Å². The number of nitrogens with zero attached hydrogens (tertiary/aromatic N) is 3. The highest BCUT2D eigenvalue weighted by Gasteiger charge is 2.20. The van der Waals surface area contributed by atoms with E-state index in [1.165, 1.54) is 42.1 Å². The topological polar surface area (TPSA) is 32.6 Å². The van der Waals surface area contributed by atoms with Crippen molar-refractivity contribution in [2.45, 2.75) is 45.8 Å². The Morgan fingerprint density at radius 1 is 1.16 bits per heavy atom. The third kappa shape index (κ3) is 3.78. The zero-order valence-corrected chi connectivity index (χ0v) is 15.9. The fourth-order valence-corrected chi connectivity index (χ4v) is 4.59. The molecule has 1 saturated heterocycles. The summed E-state index contributed by atoms with van der Waals surface area (Å²) >= 11 is 1.77. The molecule has 5 heteroatoms. The average Bonchev–Trinajstić information content (AvgIpc) is 3.10. The number of hydrogen-bond donors (Lipinski definition) is 1. The van der Waals surface area contributed by atoms with Gasteiger partial charge in [0.25, 0.3) is 0 Å². The summed E-state index contributed by atoms with van der Waals surface area (Å²) in [5.41, 5.74) is 3.88. The van der Waals surface area contributed by atoms with Gasteiger partial charge < -0.3 is 5.32 Å². The minimum atomic E-state index is 0.608. The lowest BCUT2D eigenvalue weighted by atomic mass is 10.0. The molecule has 1 aliphatic rings. The van der Waals surface area contributed by atoms with Gasteiger partial charge >= 0.3 is 0 Å². The molecule has 4 nitrogen and oxygen atoms in total. The second-order valence-electron chi connectivity index (χ2n) is 7.06. The number of imidazole rings is 1. The van der Waals surface area contributed by atoms with Crippen LogP contribution in [0.4, 0.5) is 0 Å². The van der Waals surface area contributed by atoms with Crippen molar-refractivity contribution in [2.24, 2.45) is 0 Å². The lowest BCUT2D eigenvalue weighted by Crippen LogP contribution is -2.42. The molecule has 0 radical (unpaired) electrons. The van der Waals surface area contributed by atoms with Crippen LogP contribution in [0, 0.1) is 13.8 Å². The van der Waals surface area contributed by atoms with Gasteiger partial charge in [-0.1, -0.05) is 30.3 Å². The molecule has 1 aromatic carbocycles. The summed E-state index contributed by atoms with van der Waals surface area (Å²) in [5, 5.41) is 3.77. The molecule has 0 spiro atoms. The van der Waals surface area contributed by atoms with Crippen molar-refractivity contribution in [1.29, 1.82) is 0 Å². The Labute approximate surface area is 153 Å². The maximum Gasteiger partial charge on any atom is 0.194 e. The molecular formula is C20H26N4S. The highest BCUT2D eigenvalue weighted by molar-refractivity contribution is 7.17. The smallest absolute Gasteiger partial charge is 0.194 e. The maximum absolute atomic E-state index is 4.69. The van der Waals surface area contributed by atoms with E-state index in [2.05, 4.69) is 70.0 Å². The second-order valence-corrected chi connectivity index (χ2v) is 8.27. The van der Waals surface area contributed by atoms with Crippen LogP contribution in [0.3, 0.4) is 0 Å². The number of benzene rings is 1. The van der Waals surface area contributed by atoms with Gasteiger partial charge in [0.05, 0.1) is 11.4 Å². The fraction of sp³-hybridized carbons (Fsp3) is 0.450. The third-order valence-corrected chi connectivity index (χ3v) is 6.03. The SMILES string of the molecule is Cc1cn2c(CNC3CCN(Cc4ccccc4)CC3)c(C)nc2s1. The van der Waals surface area contributed by atoms with E-state index < -0.39 is 0 Å². The van der Waals surface area contributed by atoms with E-state index in [1.54, 1.807) is 11.3 Å². The van der Waals surface area contributed by atoms with Crippen LogP contribution >= 0.6 is 11.3 Å². The van der Waals surface area contributed by atoms with Gasteiger partial charge in [-0.05, 0) is 45.3 Å². The Kier molecular flexibility index (Phi) is 4.88. The number of likely N-dealkylation sites (tertiary alicyclic amines) is 1. The molecule has 0 amide bonds. The van der Waals surface area contributed by atoms with Crippen molar-refractivity contribution in [1.82, 2.24) is 19.6 Å². The predicted molar refractivity (Wildman–Crippen MR) is 104 cm³/mol. The van der Waals surface area contributed by atoms with E-state index in [4.69, 9.17) is 0 Å². The lowest BCUT2D eigenvalue weighted by molar-refractivity contribution is 0.190. The quantitative estimate of drug-likeness (QED) is 0.757. The summed E-state index contributed by atoms with van der Waals surface area (Å²) in [6, 6.07) is 11.4. The monoisotopic (exact) mass is 354 g/mol. The summed E-state index contributed by atoms with van der Waals surface area (Å²) in [6.07, 6.45) is 4.65. The number of fused-ring (bicyclic) bond motifs is 1. The Morgan fingerprint density at radius 2 is 1.92 bits per heavy atom. The molecule has 3 aromatic rings. The summed E-state index contributed by atoms with van der Waals surface area (Å²) in [5.74, 6) is 0. The summed E-state index contributed by atoms with van der Waals surface area (Å²) < 4.78 is 2.26. The number of piperidine rings is 1. The molecule has 1 aliphatic heterocycles. The van der Waals surface area contributed by atoms with E-state index in [1.807, 2.05) is 0 Å². The average molecular weight is 355 g/mol. The molecule has 4 rings (SSSR count). The molecule has 1 fully saturated rings. The van der Waals surface area contributed by atoms with Gasteiger partial charge in [-0.2, -0.15) is 0 Å². The van der Waals surface area contributed by atoms with Gasteiger partial charge in [0.15, 0.2) is 4.96 Å². The molecular weight excluding hydrogens is 328 g/mol. The Bertz CT molecular complexity index is 828. The number of hydrogen-bond acceptors (Lipinski definition) is 4. The molecule has 0 bridgehead atoms. The van der Waals surface area contributed by atoms with Crippen LogP contribution in [0.2, 0.25) is 0 Å². The molecule has 25 heavy (non-hydrogen) atoms. The predicted octanol–water partition coefficient (Wildman–Crippen LogP) is 3.77. The van der Waals surface area contributed by atoms with Crippen LogP contribution in [0.1, 0.15) is 34.7 Å². The van der Waals surface area contributed by atoms with Crippen molar-refractivity contribution >= 4 is 16.3 Å². The highest BCUT2D eigenvalue weighted by Crippen LogP contribution is 2.21. The molecule has 2 aromatic heterocycles. The number of thiazole rings is 1. The molecule has 0 saturated carbocycles. The Hall–Kier alpha value is -1.69. The largest absolute Gasteiger partial charge is 0.308 e. The number of aromatic nitrogens is 2. The van der Waals surface area contributed by atoms with Gasteiger partial charge in [-0.3, -0.25) is 9.30 Å².